The molecule has 0 aromatic heterocycles. The molecule has 1 heterocycles. The van der Waals surface area contributed by atoms with Crippen LogP contribution in [0.2, 0.25) is 0 Å². The molecular weight excluding hydrogens is 464 g/mol. The Kier molecular flexibility index (Phi) is 13.7. The number of carbonyl (C=O) groups is 3. The average Bonchev–Trinajstić information content (AvgIpc) is 3.21. The molecule has 0 spiro atoms. The number of hydrogen-bond donors (Lipinski definition) is 1. The van der Waals surface area contributed by atoms with Gasteiger partial charge in [0.2, 0.25) is 11.8 Å². The number of nitrogens with zero attached hydrogens (tertiary/aromatic N) is 1. The van der Waals surface area contributed by atoms with Crippen molar-refractivity contribution in [1.29, 1.82) is 0 Å². The lowest BCUT2D eigenvalue weighted by Gasteiger charge is -2.20. The van der Waals surface area contributed by atoms with Gasteiger partial charge in [0.05, 0.1) is 5.56 Å². The van der Waals surface area contributed by atoms with Crippen molar-refractivity contribution in [2.24, 2.45) is 5.92 Å². The van der Waals surface area contributed by atoms with Crippen molar-refractivity contribution in [2.45, 2.75) is 123 Å². The maximum atomic E-state index is 12.8. The number of likely N-dealkylation sites (tertiary alicyclic amines) is 1. The Morgan fingerprint density at radius 2 is 1.43 bits per heavy atom. The van der Waals surface area contributed by atoms with Gasteiger partial charge in [-0.05, 0) is 51.3 Å². The minimum Gasteiger partial charge on any atom is -0.456 e. The van der Waals surface area contributed by atoms with E-state index < -0.39 is 11.5 Å². The van der Waals surface area contributed by atoms with Gasteiger partial charge >= 0.3 is 5.97 Å². The Hall–Kier alpha value is -2.37. The van der Waals surface area contributed by atoms with Crippen LogP contribution in [-0.4, -0.2) is 41.4 Å². The molecule has 1 aromatic carbocycles. The second-order valence-electron chi connectivity index (χ2n) is 11.5. The van der Waals surface area contributed by atoms with Crippen molar-refractivity contribution in [1.82, 2.24) is 10.2 Å². The van der Waals surface area contributed by atoms with Crippen LogP contribution in [0.5, 0.6) is 0 Å². The zero-order chi connectivity index (χ0) is 27.1. The lowest BCUT2D eigenvalue weighted by Crippen LogP contribution is -2.37. The number of benzene rings is 1. The molecule has 0 aliphatic carbocycles. The summed E-state index contributed by atoms with van der Waals surface area (Å²) in [5.74, 6) is -1.20. The van der Waals surface area contributed by atoms with E-state index in [2.05, 4.69) is 12.2 Å². The van der Waals surface area contributed by atoms with Crippen LogP contribution in [0.1, 0.15) is 127 Å². The van der Waals surface area contributed by atoms with Gasteiger partial charge in [0.25, 0.3) is 0 Å². The summed E-state index contributed by atoms with van der Waals surface area (Å²) in [7, 11) is 0. The molecule has 37 heavy (non-hydrogen) atoms. The number of amides is 2. The highest BCUT2D eigenvalue weighted by atomic mass is 16.6. The van der Waals surface area contributed by atoms with Crippen molar-refractivity contribution >= 4 is 17.8 Å². The molecule has 0 bridgehead atoms. The highest BCUT2D eigenvalue weighted by Gasteiger charge is 2.36. The van der Waals surface area contributed by atoms with Crippen molar-refractivity contribution in [3.63, 3.8) is 0 Å². The van der Waals surface area contributed by atoms with E-state index in [4.69, 9.17) is 4.74 Å². The van der Waals surface area contributed by atoms with Crippen molar-refractivity contribution in [3.05, 3.63) is 35.4 Å². The highest BCUT2D eigenvalue weighted by Crippen LogP contribution is 2.21. The number of unbranched alkanes of at least 4 members (excludes halogenated alkanes) is 11. The van der Waals surface area contributed by atoms with E-state index in [1.807, 2.05) is 32.9 Å². The van der Waals surface area contributed by atoms with Gasteiger partial charge in [0.1, 0.15) is 11.5 Å². The Morgan fingerprint density at radius 1 is 0.892 bits per heavy atom. The maximum Gasteiger partial charge on any atom is 0.338 e. The quantitative estimate of drug-likeness (QED) is 0.141. The summed E-state index contributed by atoms with van der Waals surface area (Å²) in [6.45, 7) is 9.43. The molecule has 0 saturated carbocycles. The number of rotatable bonds is 17. The monoisotopic (exact) mass is 514 g/mol. The summed E-state index contributed by atoms with van der Waals surface area (Å²) < 4.78 is 5.39. The van der Waals surface area contributed by atoms with E-state index in [0.717, 1.165) is 18.4 Å². The molecule has 6 heteroatoms. The van der Waals surface area contributed by atoms with Gasteiger partial charge < -0.3 is 15.0 Å². The molecule has 1 unspecified atom stereocenters. The Bertz CT molecular complexity index is 829. The molecule has 1 aromatic rings. The van der Waals surface area contributed by atoms with Crippen LogP contribution in [0.15, 0.2) is 24.3 Å². The zero-order valence-electron chi connectivity index (χ0n) is 23.8. The second kappa shape index (κ2) is 16.5. The first-order valence-electron chi connectivity index (χ1n) is 14.6. The Balaban J connectivity index is 1.58. The molecule has 2 amide bonds. The van der Waals surface area contributed by atoms with E-state index in [-0.39, 0.29) is 17.8 Å². The fourth-order valence-corrected chi connectivity index (χ4v) is 4.74. The predicted molar refractivity (Wildman–Crippen MR) is 149 cm³/mol. The van der Waals surface area contributed by atoms with E-state index in [0.29, 0.717) is 31.6 Å². The van der Waals surface area contributed by atoms with Gasteiger partial charge in [-0.1, -0.05) is 89.7 Å². The van der Waals surface area contributed by atoms with Crippen LogP contribution in [0.3, 0.4) is 0 Å². The van der Waals surface area contributed by atoms with Crippen LogP contribution in [-0.2, 0) is 20.9 Å². The van der Waals surface area contributed by atoms with Crippen molar-refractivity contribution in [3.8, 4) is 0 Å². The molecular formula is C31H50N2O4. The number of carbonyl (C=O) groups excluding carboxylic acids is 3. The third kappa shape index (κ3) is 12.1. The molecule has 6 nitrogen and oxygen atoms in total. The lowest BCUT2D eigenvalue weighted by molar-refractivity contribution is -0.138. The summed E-state index contributed by atoms with van der Waals surface area (Å²) >= 11 is 0. The molecule has 208 valence electrons. The van der Waals surface area contributed by atoms with Crippen LogP contribution >= 0.6 is 0 Å². The van der Waals surface area contributed by atoms with Crippen LogP contribution in [0, 0.1) is 5.92 Å². The normalized spacial score (nSPS) is 15.7. The Labute approximate surface area is 224 Å². The lowest BCUT2D eigenvalue weighted by atomic mass is 10.1. The van der Waals surface area contributed by atoms with Gasteiger partial charge in [-0.2, -0.15) is 0 Å². The zero-order valence-corrected chi connectivity index (χ0v) is 23.8. The van der Waals surface area contributed by atoms with Crippen molar-refractivity contribution in [2.75, 3.05) is 13.1 Å². The smallest absolute Gasteiger partial charge is 0.338 e. The molecule has 2 rings (SSSR count). The van der Waals surface area contributed by atoms with Gasteiger partial charge in [-0.15, -0.1) is 0 Å². The maximum absolute atomic E-state index is 12.8. The summed E-state index contributed by atoms with van der Waals surface area (Å²) in [5, 5.41) is 2.98. The van der Waals surface area contributed by atoms with Crippen LogP contribution in [0.4, 0.5) is 0 Å². The second-order valence-corrected chi connectivity index (χ2v) is 11.5. The third-order valence-electron chi connectivity index (χ3n) is 6.91. The molecule has 1 aliphatic rings. The number of hydrogen-bond acceptors (Lipinski definition) is 4. The molecule has 1 atom stereocenters. The number of esters is 1. The topological polar surface area (TPSA) is 75.7 Å². The van der Waals surface area contributed by atoms with Gasteiger partial charge in [0.15, 0.2) is 0 Å². The summed E-state index contributed by atoms with van der Waals surface area (Å²) in [6, 6.07) is 7.13. The SMILES string of the molecule is CCCCCCCCCCCCCCNC(=O)C1CCN(Cc2ccc(C(=O)OC(C)(C)C)cc2)C1=O. The summed E-state index contributed by atoms with van der Waals surface area (Å²) in [6.07, 6.45) is 16.0. The van der Waals surface area contributed by atoms with Gasteiger partial charge in [-0.25, -0.2) is 4.79 Å². The van der Waals surface area contributed by atoms with Crippen molar-refractivity contribution < 1.29 is 19.1 Å². The van der Waals surface area contributed by atoms with E-state index in [1.165, 1.54) is 64.2 Å². The third-order valence-corrected chi connectivity index (χ3v) is 6.91. The minimum absolute atomic E-state index is 0.108. The van der Waals surface area contributed by atoms with Crippen LogP contribution < -0.4 is 5.32 Å². The van der Waals surface area contributed by atoms with Gasteiger partial charge in [-0.3, -0.25) is 9.59 Å². The molecule has 1 saturated heterocycles. The molecule has 1 aliphatic heterocycles. The number of ether oxygens (including phenoxy) is 1. The number of nitrogens with one attached hydrogen (secondary N) is 1. The van der Waals surface area contributed by atoms with E-state index >= 15 is 0 Å². The molecule has 0 radical (unpaired) electrons. The fourth-order valence-electron chi connectivity index (χ4n) is 4.74. The first kappa shape index (κ1) is 30.9. The fraction of sp³-hybridized carbons (Fsp3) is 0.710. The standard InChI is InChI=1S/C31H50N2O4/c1-5-6-7-8-9-10-11-12-13-14-15-16-22-32-28(34)27-21-23-33(29(27)35)24-25-17-19-26(20-18-25)30(36)37-31(2,3)4/h17-20,27H,5-16,21-24H2,1-4H3,(H,32,34). The first-order valence-corrected chi connectivity index (χ1v) is 14.6. The van der Waals surface area contributed by atoms with E-state index in [1.54, 1.807) is 17.0 Å². The minimum atomic E-state index is -0.585. The molecule has 1 fully saturated rings. The largest absolute Gasteiger partial charge is 0.456 e. The van der Waals surface area contributed by atoms with E-state index in [9.17, 15) is 14.4 Å². The predicted octanol–water partition coefficient (Wildman–Crippen LogP) is 6.81. The average molecular weight is 515 g/mol. The van der Waals surface area contributed by atoms with Crippen LogP contribution in [0.25, 0.3) is 0 Å². The summed E-state index contributed by atoms with van der Waals surface area (Å²) in [5.41, 5.74) is 0.875. The Morgan fingerprint density at radius 3 is 1.97 bits per heavy atom. The highest BCUT2D eigenvalue weighted by molar-refractivity contribution is 6.01. The molecule has 1 N–H and O–H groups in total. The first-order chi connectivity index (χ1) is 17.7. The summed E-state index contributed by atoms with van der Waals surface area (Å²) in [4.78, 5) is 39.3. The van der Waals surface area contributed by atoms with Gasteiger partial charge in [0, 0.05) is 19.6 Å².